The van der Waals surface area contributed by atoms with E-state index in [1.54, 1.807) is 7.11 Å². The minimum atomic E-state index is 0.187. The summed E-state index contributed by atoms with van der Waals surface area (Å²) in [6.07, 6.45) is 0.187. The quantitative estimate of drug-likeness (QED) is 0.682. The van der Waals surface area contributed by atoms with Gasteiger partial charge in [-0.2, -0.15) is 0 Å². The third-order valence-corrected chi connectivity index (χ3v) is 2.37. The summed E-state index contributed by atoms with van der Waals surface area (Å²) in [7, 11) is 1.67. The predicted octanol–water partition coefficient (Wildman–Crippen LogP) is 2.73. The van der Waals surface area contributed by atoms with E-state index in [1.807, 2.05) is 19.1 Å². The maximum absolute atomic E-state index is 5.94. The van der Waals surface area contributed by atoms with Gasteiger partial charge in [-0.15, -0.1) is 0 Å². The number of ether oxygens (including phenoxy) is 2. The van der Waals surface area contributed by atoms with Crippen molar-refractivity contribution in [2.45, 2.75) is 13.0 Å². The first-order valence-electron chi connectivity index (χ1n) is 4.18. The molecule has 1 aromatic carbocycles. The fourth-order valence-corrected chi connectivity index (χ4v) is 1.78. The molecule has 1 aliphatic heterocycles. The van der Waals surface area contributed by atoms with Crippen LogP contribution in [0.4, 0.5) is 0 Å². The molecule has 0 spiro atoms. The van der Waals surface area contributed by atoms with Crippen LogP contribution in [-0.4, -0.2) is 13.7 Å². The Morgan fingerprint density at radius 1 is 1.54 bits per heavy atom. The van der Waals surface area contributed by atoms with Crippen LogP contribution in [0.1, 0.15) is 17.2 Å². The second-order valence-corrected chi connectivity index (χ2v) is 3.60. The highest BCUT2D eigenvalue weighted by molar-refractivity contribution is 6.30. The van der Waals surface area contributed by atoms with E-state index in [2.05, 4.69) is 0 Å². The summed E-state index contributed by atoms with van der Waals surface area (Å²) in [6, 6.07) is 3.80. The normalized spacial score (nSPS) is 20.1. The van der Waals surface area contributed by atoms with Crippen molar-refractivity contribution in [3.05, 3.63) is 28.3 Å². The number of hydrogen-bond acceptors (Lipinski definition) is 2. The number of benzene rings is 1. The van der Waals surface area contributed by atoms with Gasteiger partial charge < -0.3 is 9.47 Å². The highest BCUT2D eigenvalue weighted by Crippen LogP contribution is 2.39. The third-order valence-electron chi connectivity index (χ3n) is 2.15. The average Bonchev–Trinajstić information content (AvgIpc) is 2.85. The van der Waals surface area contributed by atoms with Crippen LogP contribution >= 0.6 is 11.6 Å². The number of rotatable bonds is 2. The van der Waals surface area contributed by atoms with Crippen molar-refractivity contribution >= 4 is 11.6 Å². The molecule has 1 aromatic rings. The molecule has 2 rings (SSSR count). The Balaban J connectivity index is 2.50. The van der Waals surface area contributed by atoms with E-state index < -0.39 is 0 Å². The van der Waals surface area contributed by atoms with E-state index in [0.29, 0.717) is 0 Å². The lowest BCUT2D eigenvalue weighted by atomic mass is 10.1. The van der Waals surface area contributed by atoms with Crippen molar-refractivity contribution in [3.8, 4) is 5.75 Å². The lowest BCUT2D eigenvalue weighted by Gasteiger charge is -2.09. The van der Waals surface area contributed by atoms with Crippen LogP contribution in [0.15, 0.2) is 12.1 Å². The second-order valence-electron chi connectivity index (χ2n) is 3.17. The molecule has 3 heteroatoms. The fourth-order valence-electron chi connectivity index (χ4n) is 1.50. The summed E-state index contributed by atoms with van der Waals surface area (Å²) in [4.78, 5) is 0. The van der Waals surface area contributed by atoms with Gasteiger partial charge in [-0.25, -0.2) is 0 Å². The minimum absolute atomic E-state index is 0.187. The Hall–Kier alpha value is -0.730. The van der Waals surface area contributed by atoms with Crippen LogP contribution in [0.5, 0.6) is 5.75 Å². The second kappa shape index (κ2) is 3.20. The first kappa shape index (κ1) is 8.85. The molecule has 0 aliphatic carbocycles. The SMILES string of the molecule is COc1c(C)cc(Cl)cc1C1CO1. The summed E-state index contributed by atoms with van der Waals surface area (Å²) in [5.41, 5.74) is 2.12. The number of aryl methyl sites for hydroxylation is 1. The van der Waals surface area contributed by atoms with Crippen molar-refractivity contribution in [1.29, 1.82) is 0 Å². The predicted molar refractivity (Wildman–Crippen MR) is 51.4 cm³/mol. The standard InChI is InChI=1S/C10H11ClO2/c1-6-3-7(11)4-8(9-5-13-9)10(6)12-2/h3-4,9H,5H2,1-2H3. The number of hydrogen-bond donors (Lipinski definition) is 0. The van der Waals surface area contributed by atoms with Crippen LogP contribution < -0.4 is 4.74 Å². The van der Waals surface area contributed by atoms with Gasteiger partial charge in [0.2, 0.25) is 0 Å². The van der Waals surface area contributed by atoms with Gasteiger partial charge in [0.05, 0.1) is 13.7 Å². The Morgan fingerprint density at radius 2 is 2.23 bits per heavy atom. The van der Waals surface area contributed by atoms with Crippen LogP contribution in [0.25, 0.3) is 0 Å². The van der Waals surface area contributed by atoms with Gasteiger partial charge >= 0.3 is 0 Å². The molecule has 0 N–H and O–H groups in total. The maximum atomic E-state index is 5.94. The zero-order valence-electron chi connectivity index (χ0n) is 7.63. The molecule has 0 saturated carbocycles. The lowest BCUT2D eigenvalue weighted by molar-refractivity contribution is 0.381. The first-order chi connectivity index (χ1) is 6.22. The van der Waals surface area contributed by atoms with Gasteiger partial charge in [0, 0.05) is 10.6 Å². The molecule has 1 atom stereocenters. The van der Waals surface area contributed by atoms with Gasteiger partial charge in [0.15, 0.2) is 0 Å². The molecule has 1 saturated heterocycles. The molecule has 1 heterocycles. The molecule has 1 aliphatic rings. The summed E-state index contributed by atoms with van der Waals surface area (Å²) in [5, 5.41) is 0.740. The van der Waals surface area contributed by atoms with Crippen molar-refractivity contribution in [2.24, 2.45) is 0 Å². The number of halogens is 1. The summed E-state index contributed by atoms with van der Waals surface area (Å²) in [6.45, 7) is 2.76. The minimum Gasteiger partial charge on any atom is -0.496 e. The first-order valence-corrected chi connectivity index (χ1v) is 4.56. The molecule has 1 unspecified atom stereocenters. The average molecular weight is 199 g/mol. The molecule has 70 valence electrons. The Morgan fingerprint density at radius 3 is 2.77 bits per heavy atom. The lowest BCUT2D eigenvalue weighted by Crippen LogP contribution is -1.93. The van der Waals surface area contributed by atoms with Crippen LogP contribution in [0, 0.1) is 6.92 Å². The molecular weight excluding hydrogens is 188 g/mol. The van der Waals surface area contributed by atoms with Crippen LogP contribution in [0.2, 0.25) is 5.02 Å². The number of methoxy groups -OCH3 is 1. The molecule has 0 aromatic heterocycles. The van der Waals surface area contributed by atoms with E-state index in [1.165, 1.54) is 0 Å². The highest BCUT2D eigenvalue weighted by atomic mass is 35.5. The third kappa shape index (κ3) is 1.64. The zero-order valence-corrected chi connectivity index (χ0v) is 8.39. The van der Waals surface area contributed by atoms with E-state index in [4.69, 9.17) is 21.1 Å². The molecule has 0 bridgehead atoms. The smallest absolute Gasteiger partial charge is 0.127 e. The Kier molecular flexibility index (Phi) is 2.18. The molecule has 13 heavy (non-hydrogen) atoms. The van der Waals surface area contributed by atoms with E-state index in [-0.39, 0.29) is 6.10 Å². The molecule has 0 amide bonds. The van der Waals surface area contributed by atoms with Gasteiger partial charge in [-0.05, 0) is 24.6 Å². The highest BCUT2D eigenvalue weighted by Gasteiger charge is 2.29. The van der Waals surface area contributed by atoms with E-state index >= 15 is 0 Å². The Labute approximate surface area is 82.4 Å². The molecular formula is C10H11ClO2. The van der Waals surface area contributed by atoms with Crippen LogP contribution in [0.3, 0.4) is 0 Å². The monoisotopic (exact) mass is 198 g/mol. The fraction of sp³-hybridized carbons (Fsp3) is 0.400. The number of epoxide rings is 1. The van der Waals surface area contributed by atoms with E-state index in [0.717, 1.165) is 28.5 Å². The topological polar surface area (TPSA) is 21.8 Å². The summed E-state index contributed by atoms with van der Waals surface area (Å²) in [5.74, 6) is 0.895. The Bertz CT molecular complexity index is 332. The van der Waals surface area contributed by atoms with Crippen molar-refractivity contribution in [2.75, 3.05) is 13.7 Å². The largest absolute Gasteiger partial charge is 0.496 e. The van der Waals surface area contributed by atoms with Gasteiger partial charge in [0.1, 0.15) is 11.9 Å². The molecule has 0 radical (unpaired) electrons. The van der Waals surface area contributed by atoms with Gasteiger partial charge in [0.25, 0.3) is 0 Å². The van der Waals surface area contributed by atoms with Gasteiger partial charge in [-0.1, -0.05) is 11.6 Å². The van der Waals surface area contributed by atoms with E-state index in [9.17, 15) is 0 Å². The molecule has 2 nitrogen and oxygen atoms in total. The van der Waals surface area contributed by atoms with Gasteiger partial charge in [-0.3, -0.25) is 0 Å². The van der Waals surface area contributed by atoms with Crippen molar-refractivity contribution < 1.29 is 9.47 Å². The summed E-state index contributed by atoms with van der Waals surface area (Å²) >= 11 is 5.94. The van der Waals surface area contributed by atoms with Crippen molar-refractivity contribution in [3.63, 3.8) is 0 Å². The summed E-state index contributed by atoms with van der Waals surface area (Å²) < 4.78 is 10.5. The zero-order chi connectivity index (χ0) is 9.42. The maximum Gasteiger partial charge on any atom is 0.127 e. The molecule has 1 fully saturated rings. The van der Waals surface area contributed by atoms with Crippen LogP contribution in [-0.2, 0) is 4.74 Å². The van der Waals surface area contributed by atoms with Crippen molar-refractivity contribution in [1.82, 2.24) is 0 Å².